The lowest BCUT2D eigenvalue weighted by Gasteiger charge is -2.23. The fraction of sp³-hybridized carbons (Fsp3) is 0.259. The lowest BCUT2D eigenvalue weighted by atomic mass is 10.0. The molecule has 2 atom stereocenters. The Bertz CT molecular complexity index is 1110. The smallest absolute Gasteiger partial charge is 0.330 e. The molecule has 33 heavy (non-hydrogen) atoms. The molecule has 0 saturated carbocycles. The third-order valence-electron chi connectivity index (χ3n) is 5.19. The highest BCUT2D eigenvalue weighted by Gasteiger charge is 2.27. The van der Waals surface area contributed by atoms with Crippen molar-refractivity contribution in [3.05, 3.63) is 89.7 Å². The van der Waals surface area contributed by atoms with Gasteiger partial charge < -0.3 is 14.8 Å². The van der Waals surface area contributed by atoms with Crippen molar-refractivity contribution in [3.8, 4) is 17.6 Å². The Morgan fingerprint density at radius 3 is 2.36 bits per heavy atom. The number of anilines is 1. The fourth-order valence-electron chi connectivity index (χ4n) is 3.25. The van der Waals surface area contributed by atoms with Crippen molar-refractivity contribution in [1.82, 2.24) is 0 Å². The van der Waals surface area contributed by atoms with Gasteiger partial charge in [0, 0.05) is 11.3 Å². The molecule has 170 valence electrons. The van der Waals surface area contributed by atoms with Crippen LogP contribution in [0.3, 0.4) is 0 Å². The quantitative estimate of drug-likeness (QED) is 0.384. The van der Waals surface area contributed by atoms with E-state index in [4.69, 9.17) is 9.47 Å². The SMILES string of the molecule is CCc1ccc(NC(C(=O)OC(C#N)c2ccc(F)c(Oc3ccccc3)c2)C(C)C)cc1. The minimum Gasteiger partial charge on any atom is -0.454 e. The summed E-state index contributed by atoms with van der Waals surface area (Å²) in [5, 5.41) is 12.9. The van der Waals surface area contributed by atoms with Crippen molar-refractivity contribution in [3.63, 3.8) is 0 Å². The van der Waals surface area contributed by atoms with E-state index in [0.717, 1.165) is 12.1 Å². The van der Waals surface area contributed by atoms with Crippen molar-refractivity contribution in [1.29, 1.82) is 5.26 Å². The number of nitrogens with zero attached hydrogens (tertiary/aromatic N) is 1. The molecular weight excluding hydrogens is 419 g/mol. The van der Waals surface area contributed by atoms with Crippen LogP contribution in [-0.4, -0.2) is 12.0 Å². The number of benzene rings is 3. The minimum atomic E-state index is -1.21. The molecule has 6 heteroatoms. The summed E-state index contributed by atoms with van der Waals surface area (Å²) in [6.07, 6.45) is -0.283. The van der Waals surface area contributed by atoms with Gasteiger partial charge in [-0.25, -0.2) is 9.18 Å². The summed E-state index contributed by atoms with van der Waals surface area (Å²) in [6.45, 7) is 5.86. The molecule has 3 aromatic carbocycles. The van der Waals surface area contributed by atoms with Crippen molar-refractivity contribution in [2.45, 2.75) is 39.3 Å². The summed E-state index contributed by atoms with van der Waals surface area (Å²) in [5.74, 6) is -0.830. The predicted octanol–water partition coefficient (Wildman–Crippen LogP) is 6.42. The highest BCUT2D eigenvalue weighted by Crippen LogP contribution is 2.29. The normalized spacial score (nSPS) is 12.5. The molecule has 0 aliphatic rings. The third-order valence-corrected chi connectivity index (χ3v) is 5.19. The van der Waals surface area contributed by atoms with Crippen LogP contribution in [0.15, 0.2) is 72.8 Å². The lowest BCUT2D eigenvalue weighted by Crippen LogP contribution is -2.36. The number of nitriles is 1. The standard InChI is InChI=1S/C27H27FN2O3/c1-4-19-10-13-21(14-11-19)30-26(18(2)3)27(31)33-25(17-29)20-12-15-23(28)24(16-20)32-22-8-6-5-7-9-22/h5-16,18,25-26,30H,4H2,1-3H3. The first-order valence-corrected chi connectivity index (χ1v) is 10.9. The Hall–Kier alpha value is -3.85. The molecule has 0 fully saturated rings. The molecule has 0 heterocycles. The van der Waals surface area contributed by atoms with Crippen molar-refractivity contribution >= 4 is 11.7 Å². The van der Waals surface area contributed by atoms with Crippen molar-refractivity contribution in [2.24, 2.45) is 5.92 Å². The summed E-state index contributed by atoms with van der Waals surface area (Å²) in [4.78, 5) is 13.0. The zero-order valence-electron chi connectivity index (χ0n) is 18.9. The van der Waals surface area contributed by atoms with E-state index < -0.39 is 23.9 Å². The Labute approximate surface area is 193 Å². The first-order chi connectivity index (χ1) is 15.9. The first-order valence-electron chi connectivity index (χ1n) is 10.9. The Morgan fingerprint density at radius 2 is 1.76 bits per heavy atom. The maximum Gasteiger partial charge on any atom is 0.330 e. The second-order valence-electron chi connectivity index (χ2n) is 7.97. The number of carbonyl (C=O) groups excluding carboxylic acids is 1. The van der Waals surface area contributed by atoms with Crippen LogP contribution in [-0.2, 0) is 16.0 Å². The highest BCUT2D eigenvalue weighted by atomic mass is 19.1. The molecule has 1 N–H and O–H groups in total. The van der Waals surface area contributed by atoms with Crippen molar-refractivity contribution in [2.75, 3.05) is 5.32 Å². The minimum absolute atomic E-state index is 0.0513. The van der Waals surface area contributed by atoms with Gasteiger partial charge in [0.25, 0.3) is 0 Å². The molecule has 0 aliphatic heterocycles. The van der Waals surface area contributed by atoms with Gasteiger partial charge in [0.1, 0.15) is 17.9 Å². The maximum absolute atomic E-state index is 14.3. The van der Waals surface area contributed by atoms with E-state index in [0.29, 0.717) is 11.3 Å². The van der Waals surface area contributed by atoms with Crippen LogP contribution in [0.25, 0.3) is 0 Å². The zero-order valence-corrected chi connectivity index (χ0v) is 18.9. The number of nitrogens with one attached hydrogen (secondary N) is 1. The molecule has 0 saturated heterocycles. The third kappa shape index (κ3) is 6.33. The number of ether oxygens (including phenoxy) is 2. The zero-order chi connectivity index (χ0) is 23.8. The average Bonchev–Trinajstić information content (AvgIpc) is 2.83. The first kappa shape index (κ1) is 23.8. The Kier molecular flexibility index (Phi) is 8.04. The summed E-state index contributed by atoms with van der Waals surface area (Å²) in [7, 11) is 0. The highest BCUT2D eigenvalue weighted by molar-refractivity contribution is 5.80. The van der Waals surface area contributed by atoms with Gasteiger partial charge in [-0.2, -0.15) is 5.26 Å². The number of rotatable bonds is 9. The van der Waals surface area contributed by atoms with Crippen LogP contribution < -0.4 is 10.1 Å². The molecule has 0 radical (unpaired) electrons. The summed E-state index contributed by atoms with van der Waals surface area (Å²) in [5.41, 5.74) is 2.31. The van der Waals surface area contributed by atoms with Crippen LogP contribution >= 0.6 is 0 Å². The van der Waals surface area contributed by atoms with Crippen LogP contribution in [0.4, 0.5) is 10.1 Å². The summed E-state index contributed by atoms with van der Waals surface area (Å²) >= 11 is 0. The van der Waals surface area contributed by atoms with Gasteiger partial charge in [0.05, 0.1) is 0 Å². The fourth-order valence-corrected chi connectivity index (χ4v) is 3.25. The lowest BCUT2D eigenvalue weighted by molar-refractivity contribution is -0.148. The van der Waals surface area contributed by atoms with Gasteiger partial charge >= 0.3 is 5.97 Å². The van der Waals surface area contributed by atoms with Gasteiger partial charge in [0.2, 0.25) is 6.10 Å². The number of hydrogen-bond acceptors (Lipinski definition) is 5. The number of halogens is 1. The Morgan fingerprint density at radius 1 is 1.06 bits per heavy atom. The second-order valence-corrected chi connectivity index (χ2v) is 7.97. The van der Waals surface area contributed by atoms with E-state index in [9.17, 15) is 14.4 Å². The predicted molar refractivity (Wildman–Crippen MR) is 125 cm³/mol. The van der Waals surface area contributed by atoms with E-state index in [1.807, 2.05) is 50.2 Å². The molecule has 0 amide bonds. The van der Waals surface area contributed by atoms with Crippen LogP contribution in [0.2, 0.25) is 0 Å². The van der Waals surface area contributed by atoms with Crippen LogP contribution in [0.1, 0.15) is 38.0 Å². The molecule has 0 spiro atoms. The number of esters is 1. The number of aryl methyl sites for hydroxylation is 1. The van der Waals surface area contributed by atoms with E-state index in [1.165, 1.54) is 23.8 Å². The topological polar surface area (TPSA) is 71.3 Å². The number of para-hydroxylation sites is 1. The number of carbonyl (C=O) groups is 1. The molecule has 0 aromatic heterocycles. The molecular formula is C27H27FN2O3. The summed E-state index contributed by atoms with van der Waals surface area (Å²) < 4.78 is 25.4. The van der Waals surface area contributed by atoms with Crippen LogP contribution in [0.5, 0.6) is 11.5 Å². The largest absolute Gasteiger partial charge is 0.454 e. The van der Waals surface area contributed by atoms with Gasteiger partial charge in [0.15, 0.2) is 11.6 Å². The molecule has 3 aromatic rings. The monoisotopic (exact) mass is 446 g/mol. The molecule has 3 rings (SSSR count). The second kappa shape index (κ2) is 11.1. The van der Waals surface area contributed by atoms with E-state index in [2.05, 4.69) is 12.2 Å². The van der Waals surface area contributed by atoms with Gasteiger partial charge in [-0.3, -0.25) is 0 Å². The van der Waals surface area contributed by atoms with Gasteiger partial charge in [-0.15, -0.1) is 0 Å². The van der Waals surface area contributed by atoms with E-state index >= 15 is 0 Å². The van der Waals surface area contributed by atoms with Crippen LogP contribution in [0, 0.1) is 23.1 Å². The van der Waals surface area contributed by atoms with Crippen molar-refractivity contribution < 1.29 is 18.7 Å². The number of hydrogen-bond donors (Lipinski definition) is 1. The maximum atomic E-state index is 14.3. The Balaban J connectivity index is 1.76. The van der Waals surface area contributed by atoms with E-state index in [1.54, 1.807) is 24.3 Å². The molecule has 0 aliphatic carbocycles. The molecule has 2 unspecified atom stereocenters. The van der Waals surface area contributed by atoms with Gasteiger partial charge in [-0.1, -0.05) is 57.2 Å². The average molecular weight is 447 g/mol. The molecule has 0 bridgehead atoms. The summed E-state index contributed by atoms with van der Waals surface area (Å²) in [6, 6.07) is 21.9. The van der Waals surface area contributed by atoms with E-state index in [-0.39, 0.29) is 11.7 Å². The van der Waals surface area contributed by atoms with Gasteiger partial charge in [-0.05, 0) is 54.3 Å². The molecule has 5 nitrogen and oxygen atoms in total.